The van der Waals surface area contributed by atoms with Gasteiger partial charge in [-0.3, -0.25) is 9.48 Å². The zero-order valence-electron chi connectivity index (χ0n) is 16.6. The maximum atomic E-state index is 13.0. The number of aliphatic hydroxyl groups is 1. The van der Waals surface area contributed by atoms with Gasteiger partial charge in [0.2, 0.25) is 0 Å². The summed E-state index contributed by atoms with van der Waals surface area (Å²) in [6, 6.07) is 6.10. The molecule has 0 saturated heterocycles. The Balaban J connectivity index is 2.00. The van der Waals surface area contributed by atoms with E-state index in [-0.39, 0.29) is 29.0 Å². The lowest BCUT2D eigenvalue weighted by Crippen LogP contribution is -2.16. The zero-order valence-corrected chi connectivity index (χ0v) is 16.6. The molecule has 0 aliphatic carbocycles. The van der Waals surface area contributed by atoms with Crippen LogP contribution in [-0.4, -0.2) is 36.4 Å². The van der Waals surface area contributed by atoms with Crippen LogP contribution in [-0.2, 0) is 13.2 Å². The summed E-state index contributed by atoms with van der Waals surface area (Å²) in [7, 11) is 1.73. The number of alkyl halides is 3. The van der Waals surface area contributed by atoms with Crippen LogP contribution in [0, 0.1) is 0 Å². The van der Waals surface area contributed by atoms with Crippen molar-refractivity contribution >= 4 is 10.9 Å². The molecule has 160 valence electrons. The molecule has 0 amide bonds. The van der Waals surface area contributed by atoms with Crippen molar-refractivity contribution in [2.45, 2.75) is 19.0 Å². The van der Waals surface area contributed by atoms with Gasteiger partial charge in [0, 0.05) is 30.3 Å². The number of rotatable bonds is 4. The van der Waals surface area contributed by atoms with E-state index in [0.29, 0.717) is 16.8 Å². The fraction of sp³-hybridized carbons (Fsp3) is 0.238. The second-order valence-corrected chi connectivity index (χ2v) is 7.26. The number of fused-ring (bicyclic) bond motifs is 1. The van der Waals surface area contributed by atoms with E-state index in [4.69, 9.17) is 0 Å². The highest BCUT2D eigenvalue weighted by molar-refractivity contribution is 5.93. The third-order valence-corrected chi connectivity index (χ3v) is 4.94. The lowest BCUT2D eigenvalue weighted by molar-refractivity contribution is -0.137. The van der Waals surface area contributed by atoms with Gasteiger partial charge >= 0.3 is 6.18 Å². The minimum Gasteiger partial charge on any atom is -0.396 e. The quantitative estimate of drug-likeness (QED) is 0.518. The van der Waals surface area contributed by atoms with Crippen LogP contribution in [0.2, 0.25) is 0 Å². The molecule has 0 radical (unpaired) electrons. The monoisotopic (exact) mass is 429 g/mol. The number of aliphatic hydroxyl groups excluding tert-OH is 1. The van der Waals surface area contributed by atoms with Crippen LogP contribution in [0.3, 0.4) is 0 Å². The Morgan fingerprint density at radius 2 is 1.87 bits per heavy atom. The summed E-state index contributed by atoms with van der Waals surface area (Å²) in [5.74, 6) is -0.167. The minimum absolute atomic E-state index is 0.231. The highest BCUT2D eigenvalue weighted by Gasteiger charge is 2.30. The summed E-state index contributed by atoms with van der Waals surface area (Å²) in [6.45, 7) is 1.46. The van der Waals surface area contributed by atoms with Crippen LogP contribution in [0.4, 0.5) is 13.2 Å². The van der Waals surface area contributed by atoms with Crippen molar-refractivity contribution in [2.24, 2.45) is 7.05 Å². The maximum Gasteiger partial charge on any atom is 0.416 e. The largest absolute Gasteiger partial charge is 0.416 e. The Hall–Kier alpha value is -3.53. The summed E-state index contributed by atoms with van der Waals surface area (Å²) >= 11 is 0. The van der Waals surface area contributed by atoms with Crippen molar-refractivity contribution in [3.05, 3.63) is 64.5 Å². The molecule has 0 aliphatic rings. The number of hydrogen-bond acceptors (Lipinski definition) is 5. The van der Waals surface area contributed by atoms with E-state index < -0.39 is 23.2 Å². The molecule has 31 heavy (non-hydrogen) atoms. The van der Waals surface area contributed by atoms with Crippen LogP contribution < -0.4 is 5.56 Å². The number of halogens is 3. The third-order valence-electron chi connectivity index (χ3n) is 4.94. The van der Waals surface area contributed by atoms with Crippen molar-refractivity contribution in [1.29, 1.82) is 0 Å². The number of pyridine rings is 1. The van der Waals surface area contributed by atoms with Gasteiger partial charge < -0.3 is 10.1 Å². The molecule has 0 bridgehead atoms. The van der Waals surface area contributed by atoms with Crippen molar-refractivity contribution in [3.8, 4) is 22.5 Å². The molecule has 0 fully saturated rings. The molecule has 7 nitrogen and oxygen atoms in total. The molecule has 10 heteroatoms. The van der Waals surface area contributed by atoms with E-state index in [0.717, 1.165) is 12.1 Å². The molecule has 4 rings (SSSR count). The standard InChI is InChI=1S/C21H18F3N5O2/c1-11(10-30)19-27-18-15(20(31)28-19)7-16(13-8-25-29(2)9-13)26-17(18)12-3-5-14(6-4-12)21(22,23)24/h3-9,11,30H,10H2,1-2H3,(H,27,28,31). The topological polar surface area (TPSA) is 96.7 Å². The first-order valence-electron chi connectivity index (χ1n) is 9.40. The average molecular weight is 429 g/mol. The van der Waals surface area contributed by atoms with Gasteiger partial charge in [0.15, 0.2) is 0 Å². The Morgan fingerprint density at radius 3 is 2.45 bits per heavy atom. The maximum absolute atomic E-state index is 13.0. The second kappa shape index (κ2) is 7.62. The Labute approximate surface area is 174 Å². The highest BCUT2D eigenvalue weighted by Crippen LogP contribution is 2.33. The van der Waals surface area contributed by atoms with E-state index in [1.807, 2.05) is 0 Å². The first-order chi connectivity index (χ1) is 14.7. The number of nitrogens with one attached hydrogen (secondary N) is 1. The van der Waals surface area contributed by atoms with Crippen molar-refractivity contribution < 1.29 is 18.3 Å². The molecule has 1 atom stereocenters. The molecule has 1 aromatic carbocycles. The van der Waals surface area contributed by atoms with E-state index in [9.17, 15) is 23.1 Å². The van der Waals surface area contributed by atoms with E-state index in [1.165, 1.54) is 12.1 Å². The smallest absolute Gasteiger partial charge is 0.396 e. The molecule has 0 spiro atoms. The summed E-state index contributed by atoms with van der Waals surface area (Å²) in [6.07, 6.45) is -1.17. The van der Waals surface area contributed by atoms with Crippen LogP contribution >= 0.6 is 0 Å². The van der Waals surface area contributed by atoms with Gasteiger partial charge in [-0.25, -0.2) is 9.97 Å². The van der Waals surface area contributed by atoms with Gasteiger partial charge in [-0.2, -0.15) is 18.3 Å². The lowest BCUT2D eigenvalue weighted by Gasteiger charge is -2.13. The number of hydrogen-bond donors (Lipinski definition) is 2. The molecular formula is C21H18F3N5O2. The van der Waals surface area contributed by atoms with Crippen LogP contribution in [0.5, 0.6) is 0 Å². The fourth-order valence-electron chi connectivity index (χ4n) is 3.20. The summed E-state index contributed by atoms with van der Waals surface area (Å²) < 4.78 is 40.5. The average Bonchev–Trinajstić information content (AvgIpc) is 3.18. The number of aromatic amines is 1. The SMILES string of the molecule is CC(CO)c1nc2c(-c3ccc(C(F)(F)F)cc3)nc(-c3cnn(C)c3)cc2c(=O)[nH]1. The number of aromatic nitrogens is 5. The Morgan fingerprint density at radius 1 is 1.16 bits per heavy atom. The fourth-order valence-corrected chi connectivity index (χ4v) is 3.20. The summed E-state index contributed by atoms with van der Waals surface area (Å²) in [4.78, 5) is 24.5. The molecule has 3 heterocycles. The van der Waals surface area contributed by atoms with Gasteiger partial charge in [0.1, 0.15) is 11.3 Å². The molecule has 4 aromatic rings. The van der Waals surface area contributed by atoms with Gasteiger partial charge in [-0.05, 0) is 18.2 Å². The number of benzene rings is 1. The first kappa shape index (κ1) is 20.7. The van der Waals surface area contributed by atoms with Crippen LogP contribution in [0.15, 0.2) is 47.5 Å². The summed E-state index contributed by atoms with van der Waals surface area (Å²) in [5.41, 5.74) is 0.749. The molecular weight excluding hydrogens is 411 g/mol. The van der Waals surface area contributed by atoms with Gasteiger partial charge in [0.25, 0.3) is 5.56 Å². The van der Waals surface area contributed by atoms with E-state index >= 15 is 0 Å². The van der Waals surface area contributed by atoms with Gasteiger partial charge in [-0.1, -0.05) is 19.1 Å². The number of H-pyrrole nitrogens is 1. The van der Waals surface area contributed by atoms with Crippen molar-refractivity contribution in [1.82, 2.24) is 24.7 Å². The Bertz CT molecular complexity index is 1310. The number of aryl methyl sites for hydroxylation is 1. The highest BCUT2D eigenvalue weighted by atomic mass is 19.4. The second-order valence-electron chi connectivity index (χ2n) is 7.26. The molecule has 1 unspecified atom stereocenters. The normalized spacial score (nSPS) is 13.0. The number of nitrogens with zero attached hydrogens (tertiary/aromatic N) is 4. The molecule has 0 saturated carbocycles. The molecule has 0 aliphatic heterocycles. The van der Waals surface area contributed by atoms with Crippen LogP contribution in [0.1, 0.15) is 24.2 Å². The van der Waals surface area contributed by atoms with Crippen molar-refractivity contribution in [2.75, 3.05) is 6.61 Å². The predicted molar refractivity (Wildman–Crippen MR) is 108 cm³/mol. The zero-order chi connectivity index (χ0) is 22.3. The van der Waals surface area contributed by atoms with E-state index in [1.54, 1.807) is 37.1 Å². The van der Waals surface area contributed by atoms with Gasteiger partial charge in [0.05, 0.1) is 35.1 Å². The predicted octanol–water partition coefficient (Wildman–Crippen LogP) is 3.50. The van der Waals surface area contributed by atoms with E-state index in [2.05, 4.69) is 20.1 Å². The summed E-state index contributed by atoms with van der Waals surface area (Å²) in [5, 5.41) is 13.8. The first-order valence-corrected chi connectivity index (χ1v) is 9.40. The molecule has 3 aromatic heterocycles. The Kier molecular flexibility index (Phi) is 5.10. The third kappa shape index (κ3) is 3.93. The van der Waals surface area contributed by atoms with Gasteiger partial charge in [-0.15, -0.1) is 0 Å². The van der Waals surface area contributed by atoms with Crippen molar-refractivity contribution in [3.63, 3.8) is 0 Å². The lowest BCUT2D eigenvalue weighted by atomic mass is 10.0. The molecule has 2 N–H and O–H groups in total. The van der Waals surface area contributed by atoms with Crippen LogP contribution in [0.25, 0.3) is 33.4 Å². The minimum atomic E-state index is -4.47.